The van der Waals surface area contributed by atoms with Crippen LogP contribution in [-0.2, 0) is 11.2 Å². The van der Waals surface area contributed by atoms with Gasteiger partial charge in [-0.3, -0.25) is 4.79 Å². The number of hydrogen-bond donors (Lipinski definition) is 0. The Kier molecular flexibility index (Phi) is 4.99. The number of thiophene rings is 2. The van der Waals surface area contributed by atoms with Gasteiger partial charge in [-0.15, -0.1) is 11.3 Å². The Balaban J connectivity index is 1.44. The van der Waals surface area contributed by atoms with Gasteiger partial charge in [0.15, 0.2) is 0 Å². The van der Waals surface area contributed by atoms with Gasteiger partial charge in [-0.1, -0.05) is 6.92 Å². The van der Waals surface area contributed by atoms with E-state index in [0.717, 1.165) is 41.1 Å². The van der Waals surface area contributed by atoms with Crippen LogP contribution in [0.25, 0.3) is 16.3 Å². The number of piperazine rings is 1. The van der Waals surface area contributed by atoms with E-state index < -0.39 is 0 Å². The SMILES string of the molecule is CCc1cc2c(N3CCN(C(=O)C=Cc4ccsc4)CC3)ncnc2s1. The number of aromatic nitrogens is 2. The Morgan fingerprint density at radius 2 is 2.12 bits per heavy atom. The number of fused-ring (bicyclic) bond motifs is 1. The summed E-state index contributed by atoms with van der Waals surface area (Å²) in [6.07, 6.45) is 6.22. The normalized spacial score (nSPS) is 15.3. The molecule has 0 radical (unpaired) electrons. The van der Waals surface area contributed by atoms with E-state index in [1.165, 1.54) is 4.88 Å². The highest BCUT2D eigenvalue weighted by molar-refractivity contribution is 7.18. The van der Waals surface area contributed by atoms with Crippen LogP contribution in [0.2, 0.25) is 0 Å². The quantitative estimate of drug-likeness (QED) is 0.644. The minimum atomic E-state index is 0.0764. The van der Waals surface area contributed by atoms with E-state index in [-0.39, 0.29) is 5.91 Å². The van der Waals surface area contributed by atoms with Crippen LogP contribution in [0.15, 0.2) is 35.3 Å². The van der Waals surface area contributed by atoms with Crippen LogP contribution in [-0.4, -0.2) is 47.0 Å². The third kappa shape index (κ3) is 3.50. The van der Waals surface area contributed by atoms with Gasteiger partial charge in [0.2, 0.25) is 5.91 Å². The second-order valence-corrected chi connectivity index (χ2v) is 8.08. The molecule has 1 fully saturated rings. The molecule has 7 heteroatoms. The van der Waals surface area contributed by atoms with Crippen LogP contribution in [0.1, 0.15) is 17.4 Å². The molecule has 0 aromatic carbocycles. The maximum atomic E-state index is 12.4. The fourth-order valence-corrected chi connectivity index (χ4v) is 4.66. The van der Waals surface area contributed by atoms with Crippen LogP contribution in [0.5, 0.6) is 0 Å². The standard InChI is InChI=1S/C19H20N4OS2/c1-2-15-11-16-18(20-13-21-19(16)26-15)23-8-6-22(7-9-23)17(24)4-3-14-5-10-25-12-14/h3-5,10-13H,2,6-9H2,1H3. The molecule has 4 rings (SSSR count). The molecule has 26 heavy (non-hydrogen) atoms. The zero-order chi connectivity index (χ0) is 17.9. The summed E-state index contributed by atoms with van der Waals surface area (Å²) in [4.78, 5) is 27.9. The largest absolute Gasteiger partial charge is 0.352 e. The van der Waals surface area contributed by atoms with Crippen LogP contribution in [0, 0.1) is 0 Å². The molecular formula is C19H20N4OS2. The lowest BCUT2D eigenvalue weighted by molar-refractivity contribution is -0.126. The summed E-state index contributed by atoms with van der Waals surface area (Å²) < 4.78 is 0. The number of anilines is 1. The van der Waals surface area contributed by atoms with E-state index in [0.29, 0.717) is 13.1 Å². The third-order valence-corrected chi connectivity index (χ3v) is 6.45. The maximum Gasteiger partial charge on any atom is 0.246 e. The number of rotatable bonds is 4. The summed E-state index contributed by atoms with van der Waals surface area (Å²) >= 11 is 3.37. The molecule has 4 heterocycles. The highest BCUT2D eigenvalue weighted by atomic mass is 32.1. The summed E-state index contributed by atoms with van der Waals surface area (Å²) in [5.74, 6) is 1.07. The summed E-state index contributed by atoms with van der Waals surface area (Å²) in [6.45, 7) is 5.17. The monoisotopic (exact) mass is 384 g/mol. The van der Waals surface area contributed by atoms with Crippen LogP contribution >= 0.6 is 22.7 Å². The average molecular weight is 385 g/mol. The molecule has 0 N–H and O–H groups in total. The molecule has 0 aliphatic carbocycles. The first-order valence-electron chi connectivity index (χ1n) is 8.72. The van der Waals surface area contributed by atoms with Gasteiger partial charge in [0.25, 0.3) is 0 Å². The Hall–Kier alpha value is -2.25. The number of nitrogens with zero attached hydrogens (tertiary/aromatic N) is 4. The van der Waals surface area contributed by atoms with Gasteiger partial charge in [-0.05, 0) is 41.0 Å². The summed E-state index contributed by atoms with van der Waals surface area (Å²) in [5, 5.41) is 5.18. The van der Waals surface area contributed by atoms with Crippen molar-refractivity contribution in [2.24, 2.45) is 0 Å². The second kappa shape index (κ2) is 7.55. The predicted octanol–water partition coefficient (Wildman–Crippen LogP) is 3.68. The number of carbonyl (C=O) groups excluding carboxylic acids is 1. The van der Waals surface area contributed by atoms with Crippen molar-refractivity contribution in [1.82, 2.24) is 14.9 Å². The zero-order valence-corrected chi connectivity index (χ0v) is 16.2. The van der Waals surface area contributed by atoms with Crippen LogP contribution < -0.4 is 4.90 Å². The minimum Gasteiger partial charge on any atom is -0.352 e. The zero-order valence-electron chi connectivity index (χ0n) is 14.6. The molecule has 1 amide bonds. The molecule has 1 aliphatic heterocycles. The van der Waals surface area contributed by atoms with Gasteiger partial charge in [-0.2, -0.15) is 11.3 Å². The summed E-state index contributed by atoms with van der Waals surface area (Å²) in [6, 6.07) is 4.22. The van der Waals surface area contributed by atoms with E-state index in [2.05, 4.69) is 27.9 Å². The molecule has 5 nitrogen and oxygen atoms in total. The third-order valence-electron chi connectivity index (χ3n) is 4.56. The highest BCUT2D eigenvalue weighted by Crippen LogP contribution is 2.30. The van der Waals surface area contributed by atoms with Crippen molar-refractivity contribution in [1.29, 1.82) is 0 Å². The Morgan fingerprint density at radius 1 is 1.27 bits per heavy atom. The number of amides is 1. The van der Waals surface area contributed by atoms with Crippen molar-refractivity contribution in [2.75, 3.05) is 31.1 Å². The van der Waals surface area contributed by atoms with E-state index in [1.807, 2.05) is 27.8 Å². The predicted molar refractivity (Wildman–Crippen MR) is 109 cm³/mol. The fourth-order valence-electron chi connectivity index (χ4n) is 3.10. The van der Waals surface area contributed by atoms with Crippen molar-refractivity contribution in [3.05, 3.63) is 45.7 Å². The van der Waals surface area contributed by atoms with Crippen LogP contribution in [0.4, 0.5) is 5.82 Å². The summed E-state index contributed by atoms with van der Waals surface area (Å²) in [7, 11) is 0. The molecule has 0 unspecified atom stereocenters. The second-order valence-electron chi connectivity index (χ2n) is 6.18. The Bertz CT molecular complexity index is 924. The minimum absolute atomic E-state index is 0.0764. The van der Waals surface area contributed by atoms with E-state index in [4.69, 9.17) is 0 Å². The van der Waals surface area contributed by atoms with Gasteiger partial charge < -0.3 is 9.80 Å². The smallest absolute Gasteiger partial charge is 0.246 e. The lowest BCUT2D eigenvalue weighted by atomic mass is 10.2. The molecular weight excluding hydrogens is 364 g/mol. The molecule has 0 atom stereocenters. The van der Waals surface area contributed by atoms with E-state index >= 15 is 0 Å². The van der Waals surface area contributed by atoms with Crippen LogP contribution in [0.3, 0.4) is 0 Å². The summed E-state index contributed by atoms with van der Waals surface area (Å²) in [5.41, 5.74) is 1.08. The molecule has 3 aromatic rings. The fraction of sp³-hybridized carbons (Fsp3) is 0.316. The van der Waals surface area contributed by atoms with Gasteiger partial charge in [0, 0.05) is 37.1 Å². The molecule has 3 aromatic heterocycles. The first-order chi connectivity index (χ1) is 12.7. The van der Waals surface area contributed by atoms with Crippen molar-refractivity contribution in [2.45, 2.75) is 13.3 Å². The molecule has 0 saturated carbocycles. The Morgan fingerprint density at radius 3 is 2.85 bits per heavy atom. The topological polar surface area (TPSA) is 49.3 Å². The van der Waals surface area contributed by atoms with Crippen molar-refractivity contribution >= 4 is 50.7 Å². The van der Waals surface area contributed by atoms with Gasteiger partial charge in [-0.25, -0.2) is 9.97 Å². The van der Waals surface area contributed by atoms with Gasteiger partial charge >= 0.3 is 0 Å². The van der Waals surface area contributed by atoms with E-state index in [9.17, 15) is 4.79 Å². The highest BCUT2D eigenvalue weighted by Gasteiger charge is 2.22. The van der Waals surface area contributed by atoms with E-state index in [1.54, 1.807) is 35.1 Å². The first-order valence-corrected chi connectivity index (χ1v) is 10.5. The molecule has 0 bridgehead atoms. The first kappa shape index (κ1) is 17.2. The number of carbonyl (C=O) groups is 1. The lowest BCUT2D eigenvalue weighted by Gasteiger charge is -2.35. The van der Waals surface area contributed by atoms with Crippen molar-refractivity contribution in [3.63, 3.8) is 0 Å². The average Bonchev–Trinajstić information content (AvgIpc) is 3.35. The number of hydrogen-bond acceptors (Lipinski definition) is 6. The van der Waals surface area contributed by atoms with Gasteiger partial charge in [0.05, 0.1) is 5.39 Å². The van der Waals surface area contributed by atoms with Crippen molar-refractivity contribution < 1.29 is 4.79 Å². The molecule has 134 valence electrons. The maximum absolute atomic E-state index is 12.4. The number of aryl methyl sites for hydroxylation is 1. The molecule has 1 saturated heterocycles. The molecule has 0 spiro atoms. The Labute approximate surface area is 160 Å². The lowest BCUT2D eigenvalue weighted by Crippen LogP contribution is -2.48. The van der Waals surface area contributed by atoms with Gasteiger partial charge in [0.1, 0.15) is 17.0 Å². The van der Waals surface area contributed by atoms with Crippen molar-refractivity contribution in [3.8, 4) is 0 Å². The molecule has 1 aliphatic rings.